The molecule has 0 amide bonds. The number of carboxylic acid groups (broad SMARTS) is 1. The molecule has 0 bridgehead atoms. The van der Waals surface area contributed by atoms with Crippen LogP contribution in [0.15, 0.2) is 36.4 Å². The van der Waals surface area contributed by atoms with Crippen molar-refractivity contribution in [3.63, 3.8) is 0 Å². The molecular formula is C27H45NO2. The molecular weight excluding hydrogens is 370 g/mol. The van der Waals surface area contributed by atoms with Gasteiger partial charge < -0.3 is 10.4 Å². The van der Waals surface area contributed by atoms with Crippen molar-refractivity contribution in [2.75, 3.05) is 11.9 Å². The standard InChI is InChI=1S/C27H45NO2/c1-2-3-4-5-6-7-8-9-10-11-12-13-14-15-16-17-24-28-26-21-18-25(19-22-26)20-23-27(29)30/h9-10,18-19,21-22,28H,2-8,11-17,20,23-24H2,1H3,(H,29,30). The fourth-order valence-corrected chi connectivity index (χ4v) is 3.65. The van der Waals surface area contributed by atoms with Crippen LogP contribution in [0.1, 0.15) is 109 Å². The summed E-state index contributed by atoms with van der Waals surface area (Å²) >= 11 is 0. The largest absolute Gasteiger partial charge is 0.481 e. The van der Waals surface area contributed by atoms with Crippen molar-refractivity contribution in [3.05, 3.63) is 42.0 Å². The van der Waals surface area contributed by atoms with Gasteiger partial charge in [-0.25, -0.2) is 0 Å². The second-order valence-corrected chi connectivity index (χ2v) is 8.46. The summed E-state index contributed by atoms with van der Waals surface area (Å²) in [6, 6.07) is 8.15. The first-order valence-electron chi connectivity index (χ1n) is 12.4. The second kappa shape index (κ2) is 19.2. The lowest BCUT2D eigenvalue weighted by Gasteiger charge is -2.07. The van der Waals surface area contributed by atoms with Crippen molar-refractivity contribution in [3.8, 4) is 0 Å². The van der Waals surface area contributed by atoms with Gasteiger partial charge in [0.05, 0.1) is 0 Å². The number of aryl methyl sites for hydroxylation is 1. The summed E-state index contributed by atoms with van der Waals surface area (Å²) in [6.45, 7) is 3.28. The molecule has 0 unspecified atom stereocenters. The van der Waals surface area contributed by atoms with Crippen LogP contribution in [0.2, 0.25) is 0 Å². The number of hydrogen-bond donors (Lipinski definition) is 2. The highest BCUT2D eigenvalue weighted by Crippen LogP contribution is 2.13. The molecule has 0 fully saturated rings. The Balaban J connectivity index is 1.86. The average molecular weight is 416 g/mol. The van der Waals surface area contributed by atoms with Crippen molar-refractivity contribution < 1.29 is 9.90 Å². The van der Waals surface area contributed by atoms with Crippen molar-refractivity contribution in [1.82, 2.24) is 0 Å². The van der Waals surface area contributed by atoms with E-state index in [0.717, 1.165) is 17.8 Å². The van der Waals surface area contributed by atoms with Crippen molar-refractivity contribution in [2.45, 2.75) is 110 Å². The first-order valence-corrected chi connectivity index (χ1v) is 12.4. The van der Waals surface area contributed by atoms with E-state index < -0.39 is 5.97 Å². The summed E-state index contributed by atoms with van der Waals surface area (Å²) in [5.74, 6) is -0.739. The molecule has 0 aliphatic rings. The molecule has 0 saturated carbocycles. The Hall–Kier alpha value is -1.77. The second-order valence-electron chi connectivity index (χ2n) is 8.46. The summed E-state index contributed by atoms with van der Waals surface area (Å²) in [6.07, 6.45) is 24.3. The highest BCUT2D eigenvalue weighted by Gasteiger charge is 1.99. The normalized spacial score (nSPS) is 11.2. The van der Waals surface area contributed by atoms with E-state index in [1.54, 1.807) is 0 Å². The van der Waals surface area contributed by atoms with Crippen molar-refractivity contribution in [1.29, 1.82) is 0 Å². The maximum absolute atomic E-state index is 10.6. The maximum atomic E-state index is 10.6. The van der Waals surface area contributed by atoms with Gasteiger partial charge in [-0.1, -0.05) is 89.0 Å². The van der Waals surface area contributed by atoms with E-state index in [9.17, 15) is 4.79 Å². The summed E-state index contributed by atoms with van der Waals surface area (Å²) in [5, 5.41) is 12.2. The molecule has 0 radical (unpaired) electrons. The van der Waals surface area contributed by atoms with E-state index in [1.165, 1.54) is 89.9 Å². The van der Waals surface area contributed by atoms with E-state index in [0.29, 0.717) is 6.42 Å². The van der Waals surface area contributed by atoms with Gasteiger partial charge in [0.25, 0.3) is 0 Å². The monoisotopic (exact) mass is 415 g/mol. The summed E-state index contributed by atoms with van der Waals surface area (Å²) in [4.78, 5) is 10.6. The van der Waals surface area contributed by atoms with Gasteiger partial charge in [0.15, 0.2) is 0 Å². The van der Waals surface area contributed by atoms with Gasteiger partial charge in [0, 0.05) is 18.7 Å². The third kappa shape index (κ3) is 16.1. The zero-order chi connectivity index (χ0) is 21.7. The average Bonchev–Trinajstić information content (AvgIpc) is 2.75. The van der Waals surface area contributed by atoms with Crippen molar-refractivity contribution >= 4 is 11.7 Å². The Labute approximate surface area is 185 Å². The number of benzene rings is 1. The predicted octanol–water partition coefficient (Wildman–Crippen LogP) is 8.15. The van der Waals surface area contributed by atoms with E-state index in [-0.39, 0.29) is 6.42 Å². The number of rotatable bonds is 20. The SMILES string of the molecule is CCCCCCCCC=CCCCCCCCCNc1ccc(CCC(=O)O)cc1. The molecule has 0 aliphatic carbocycles. The maximum Gasteiger partial charge on any atom is 0.303 e. The number of carboxylic acids is 1. The lowest BCUT2D eigenvalue weighted by Crippen LogP contribution is -2.02. The van der Waals surface area contributed by atoms with Crippen molar-refractivity contribution in [2.24, 2.45) is 0 Å². The first kappa shape index (κ1) is 26.3. The van der Waals surface area contributed by atoms with Gasteiger partial charge in [-0.3, -0.25) is 4.79 Å². The van der Waals surface area contributed by atoms with Crippen LogP contribution in [0.5, 0.6) is 0 Å². The van der Waals surface area contributed by atoms with E-state index in [1.807, 2.05) is 12.1 Å². The molecule has 3 nitrogen and oxygen atoms in total. The van der Waals surface area contributed by atoms with Crippen LogP contribution in [0.25, 0.3) is 0 Å². The highest BCUT2D eigenvalue weighted by molar-refractivity contribution is 5.67. The number of hydrogen-bond acceptors (Lipinski definition) is 2. The number of carbonyl (C=O) groups is 1. The Morgan fingerprint density at radius 3 is 1.90 bits per heavy atom. The fourth-order valence-electron chi connectivity index (χ4n) is 3.65. The van der Waals surface area contributed by atoms with Gasteiger partial charge in [-0.05, 0) is 56.2 Å². The summed E-state index contributed by atoms with van der Waals surface area (Å²) in [5.41, 5.74) is 2.21. The Bertz CT molecular complexity index is 550. The minimum atomic E-state index is -0.739. The molecule has 0 spiro atoms. The number of unbranched alkanes of at least 4 members (excludes halogenated alkanes) is 12. The van der Waals surface area contributed by atoms with Gasteiger partial charge in [-0.15, -0.1) is 0 Å². The van der Waals surface area contributed by atoms with Gasteiger partial charge in [0.1, 0.15) is 0 Å². The third-order valence-electron chi connectivity index (χ3n) is 5.60. The van der Waals surface area contributed by atoms with Crippen LogP contribution in [0, 0.1) is 0 Å². The molecule has 0 saturated heterocycles. The van der Waals surface area contributed by atoms with Crippen LogP contribution >= 0.6 is 0 Å². The van der Waals surface area contributed by atoms with Crippen LogP contribution in [-0.2, 0) is 11.2 Å². The van der Waals surface area contributed by atoms with Crippen LogP contribution in [-0.4, -0.2) is 17.6 Å². The summed E-state index contributed by atoms with van der Waals surface area (Å²) < 4.78 is 0. The number of aliphatic carboxylic acids is 1. The lowest BCUT2D eigenvalue weighted by molar-refractivity contribution is -0.136. The van der Waals surface area contributed by atoms with Crippen LogP contribution in [0.4, 0.5) is 5.69 Å². The number of allylic oxidation sites excluding steroid dienone is 2. The molecule has 1 rings (SSSR count). The van der Waals surface area contributed by atoms with E-state index in [4.69, 9.17) is 5.11 Å². The van der Waals surface area contributed by atoms with E-state index >= 15 is 0 Å². The topological polar surface area (TPSA) is 49.3 Å². The van der Waals surface area contributed by atoms with Crippen LogP contribution < -0.4 is 5.32 Å². The van der Waals surface area contributed by atoms with Gasteiger partial charge in [0.2, 0.25) is 0 Å². The quantitative estimate of drug-likeness (QED) is 0.167. The molecule has 0 aliphatic heterocycles. The molecule has 1 aromatic carbocycles. The Morgan fingerprint density at radius 2 is 1.33 bits per heavy atom. The minimum Gasteiger partial charge on any atom is -0.481 e. The first-order chi connectivity index (χ1) is 14.7. The Morgan fingerprint density at radius 1 is 0.800 bits per heavy atom. The molecule has 0 atom stereocenters. The zero-order valence-corrected chi connectivity index (χ0v) is 19.3. The fraction of sp³-hybridized carbons (Fsp3) is 0.667. The predicted molar refractivity (Wildman–Crippen MR) is 130 cm³/mol. The molecule has 1 aromatic rings. The van der Waals surface area contributed by atoms with E-state index in [2.05, 4.69) is 36.5 Å². The summed E-state index contributed by atoms with van der Waals surface area (Å²) in [7, 11) is 0. The Kier molecular flexibility index (Phi) is 16.8. The van der Waals surface area contributed by atoms with Crippen LogP contribution in [0.3, 0.4) is 0 Å². The molecule has 30 heavy (non-hydrogen) atoms. The molecule has 3 heteroatoms. The zero-order valence-electron chi connectivity index (χ0n) is 19.3. The molecule has 170 valence electrons. The molecule has 0 heterocycles. The lowest BCUT2D eigenvalue weighted by atomic mass is 10.1. The van der Waals surface area contributed by atoms with Gasteiger partial charge in [-0.2, -0.15) is 0 Å². The highest BCUT2D eigenvalue weighted by atomic mass is 16.4. The molecule has 2 N–H and O–H groups in total. The number of anilines is 1. The smallest absolute Gasteiger partial charge is 0.303 e. The van der Waals surface area contributed by atoms with Gasteiger partial charge >= 0.3 is 5.97 Å². The third-order valence-corrected chi connectivity index (χ3v) is 5.60. The number of nitrogens with one attached hydrogen (secondary N) is 1. The minimum absolute atomic E-state index is 0.197. The molecule has 0 aromatic heterocycles.